The number of piperazine rings is 1. The first-order valence-corrected chi connectivity index (χ1v) is 12.9. The van der Waals surface area contributed by atoms with Crippen LogP contribution in [0.4, 0.5) is 0 Å². The van der Waals surface area contributed by atoms with Crippen LogP contribution in [-0.4, -0.2) is 82.0 Å². The third-order valence-corrected chi connectivity index (χ3v) is 6.27. The van der Waals surface area contributed by atoms with Crippen LogP contribution in [0, 0.1) is 0 Å². The lowest BCUT2D eigenvalue weighted by Crippen LogP contribution is -2.49. The van der Waals surface area contributed by atoms with Crippen molar-refractivity contribution in [3.05, 3.63) is 114 Å². The highest BCUT2D eigenvalue weighted by atomic mass is 16.4. The fourth-order valence-corrected chi connectivity index (χ4v) is 4.16. The van der Waals surface area contributed by atoms with Crippen molar-refractivity contribution in [1.29, 1.82) is 0 Å². The van der Waals surface area contributed by atoms with Crippen molar-refractivity contribution < 1.29 is 24.6 Å². The van der Waals surface area contributed by atoms with Crippen LogP contribution in [0.5, 0.6) is 0 Å². The van der Waals surface area contributed by atoms with E-state index in [1.165, 1.54) is 5.56 Å². The number of benzene rings is 3. The minimum atomic E-state index is -1.82. The van der Waals surface area contributed by atoms with E-state index in [4.69, 9.17) is 19.8 Å². The molecule has 0 radical (unpaired) electrons. The number of carbonyl (C=O) groups excluding carboxylic acids is 1. The smallest absolute Gasteiger partial charge is 0.414 e. The molecule has 1 saturated heterocycles. The minimum absolute atomic E-state index is 0.195. The Morgan fingerprint density at radius 1 is 0.667 bits per heavy atom. The zero-order valence-corrected chi connectivity index (χ0v) is 21.9. The average Bonchev–Trinajstić information content (AvgIpc) is 2.95. The standard InChI is InChI=1S/C29H33N3O.C2H2O4/c33-29(32(23-27-13-6-2-7-14-27)24-28-15-8-3-9-16-28)25-31-21-19-30(20-22-31)18-10-17-26-11-4-1-5-12-26;3-1(4)2(5)6/h1-17H,18-25H2;(H,3,4)(H,5,6). The predicted molar refractivity (Wildman–Crippen MR) is 151 cm³/mol. The molecule has 1 heterocycles. The molecule has 4 rings (SSSR count). The van der Waals surface area contributed by atoms with Gasteiger partial charge in [0.15, 0.2) is 0 Å². The van der Waals surface area contributed by atoms with Crippen molar-refractivity contribution in [2.45, 2.75) is 13.1 Å². The number of rotatable bonds is 9. The van der Waals surface area contributed by atoms with E-state index >= 15 is 0 Å². The van der Waals surface area contributed by atoms with E-state index in [2.05, 4.69) is 70.5 Å². The molecule has 3 aromatic carbocycles. The molecule has 204 valence electrons. The number of carboxylic acids is 2. The highest BCUT2D eigenvalue weighted by Gasteiger charge is 2.22. The highest BCUT2D eigenvalue weighted by Crippen LogP contribution is 2.12. The first kappa shape index (κ1) is 29.3. The van der Waals surface area contributed by atoms with E-state index in [9.17, 15) is 4.79 Å². The number of carboxylic acid groups (broad SMARTS) is 2. The monoisotopic (exact) mass is 529 g/mol. The molecule has 0 spiro atoms. The Hall–Kier alpha value is -4.27. The number of amides is 1. The van der Waals surface area contributed by atoms with Gasteiger partial charge in [0, 0.05) is 45.8 Å². The molecule has 0 bridgehead atoms. The van der Waals surface area contributed by atoms with Crippen molar-refractivity contribution in [1.82, 2.24) is 14.7 Å². The van der Waals surface area contributed by atoms with Gasteiger partial charge in [-0.15, -0.1) is 0 Å². The molecular formula is C31H35N3O5. The molecule has 39 heavy (non-hydrogen) atoms. The summed E-state index contributed by atoms with van der Waals surface area (Å²) in [6.07, 6.45) is 4.42. The van der Waals surface area contributed by atoms with Crippen LogP contribution in [-0.2, 0) is 27.5 Å². The summed E-state index contributed by atoms with van der Waals surface area (Å²) in [7, 11) is 0. The summed E-state index contributed by atoms with van der Waals surface area (Å²) in [4.78, 5) is 38.2. The molecule has 3 aromatic rings. The third kappa shape index (κ3) is 10.9. The maximum Gasteiger partial charge on any atom is 0.414 e. The van der Waals surface area contributed by atoms with Gasteiger partial charge in [0.2, 0.25) is 5.91 Å². The topological polar surface area (TPSA) is 101 Å². The molecule has 2 N–H and O–H groups in total. The Bertz CT molecular complexity index is 1140. The molecule has 0 unspecified atom stereocenters. The van der Waals surface area contributed by atoms with Crippen molar-refractivity contribution in [2.24, 2.45) is 0 Å². The third-order valence-electron chi connectivity index (χ3n) is 6.27. The molecule has 1 fully saturated rings. The molecule has 0 saturated carbocycles. The molecule has 8 nitrogen and oxygen atoms in total. The van der Waals surface area contributed by atoms with E-state index in [1.54, 1.807) is 0 Å². The molecule has 1 amide bonds. The van der Waals surface area contributed by atoms with Gasteiger partial charge >= 0.3 is 11.9 Å². The lowest BCUT2D eigenvalue weighted by Gasteiger charge is -2.35. The average molecular weight is 530 g/mol. The van der Waals surface area contributed by atoms with Crippen LogP contribution in [0.3, 0.4) is 0 Å². The van der Waals surface area contributed by atoms with Crippen molar-refractivity contribution in [2.75, 3.05) is 39.3 Å². The molecular weight excluding hydrogens is 494 g/mol. The number of carbonyl (C=O) groups is 3. The van der Waals surface area contributed by atoms with Gasteiger partial charge in [0.05, 0.1) is 6.54 Å². The Kier molecular flexibility index (Phi) is 11.9. The van der Waals surface area contributed by atoms with Crippen LogP contribution < -0.4 is 0 Å². The van der Waals surface area contributed by atoms with Crippen LogP contribution >= 0.6 is 0 Å². The summed E-state index contributed by atoms with van der Waals surface area (Å²) in [6.45, 7) is 6.54. The van der Waals surface area contributed by atoms with E-state index in [1.807, 2.05) is 47.4 Å². The van der Waals surface area contributed by atoms with Gasteiger partial charge in [-0.1, -0.05) is 103 Å². The van der Waals surface area contributed by atoms with E-state index < -0.39 is 11.9 Å². The summed E-state index contributed by atoms with van der Waals surface area (Å²) in [6, 6.07) is 30.9. The number of hydrogen-bond acceptors (Lipinski definition) is 5. The van der Waals surface area contributed by atoms with Gasteiger partial charge in [0.25, 0.3) is 0 Å². The Morgan fingerprint density at radius 2 is 1.10 bits per heavy atom. The first-order valence-electron chi connectivity index (χ1n) is 12.9. The van der Waals surface area contributed by atoms with Gasteiger partial charge in [-0.2, -0.15) is 0 Å². The normalized spacial score (nSPS) is 13.8. The number of nitrogens with zero attached hydrogens (tertiary/aromatic N) is 3. The highest BCUT2D eigenvalue weighted by molar-refractivity contribution is 6.27. The first-order chi connectivity index (χ1) is 18.9. The molecule has 0 aromatic heterocycles. The molecule has 1 aliphatic heterocycles. The van der Waals surface area contributed by atoms with Gasteiger partial charge in [0.1, 0.15) is 0 Å². The maximum absolute atomic E-state index is 13.3. The lowest BCUT2D eigenvalue weighted by molar-refractivity contribution is -0.159. The van der Waals surface area contributed by atoms with Gasteiger partial charge in [-0.05, 0) is 16.7 Å². The van der Waals surface area contributed by atoms with Crippen LogP contribution in [0.15, 0.2) is 97.1 Å². The van der Waals surface area contributed by atoms with Crippen LogP contribution in [0.2, 0.25) is 0 Å². The van der Waals surface area contributed by atoms with Crippen LogP contribution in [0.25, 0.3) is 6.08 Å². The molecule has 1 aliphatic rings. The number of aliphatic carboxylic acids is 2. The summed E-state index contributed by atoms with van der Waals surface area (Å²) in [5.74, 6) is -3.45. The summed E-state index contributed by atoms with van der Waals surface area (Å²) in [5.41, 5.74) is 3.56. The van der Waals surface area contributed by atoms with E-state index in [0.717, 1.165) is 43.9 Å². The fourth-order valence-electron chi connectivity index (χ4n) is 4.16. The maximum atomic E-state index is 13.3. The second kappa shape index (κ2) is 15.9. The number of hydrogen-bond donors (Lipinski definition) is 2. The largest absolute Gasteiger partial charge is 0.473 e. The molecule has 0 aliphatic carbocycles. The predicted octanol–water partition coefficient (Wildman–Crippen LogP) is 3.70. The molecule has 8 heteroatoms. The van der Waals surface area contributed by atoms with Crippen molar-refractivity contribution in [3.8, 4) is 0 Å². The quantitative estimate of drug-likeness (QED) is 0.408. The van der Waals surface area contributed by atoms with Gasteiger partial charge in [-0.25, -0.2) is 9.59 Å². The minimum Gasteiger partial charge on any atom is -0.473 e. The molecule has 0 atom stereocenters. The van der Waals surface area contributed by atoms with E-state index in [0.29, 0.717) is 19.6 Å². The zero-order valence-electron chi connectivity index (χ0n) is 21.9. The van der Waals surface area contributed by atoms with Crippen molar-refractivity contribution in [3.63, 3.8) is 0 Å². The van der Waals surface area contributed by atoms with Crippen molar-refractivity contribution >= 4 is 23.9 Å². The second-order valence-corrected chi connectivity index (χ2v) is 9.22. The summed E-state index contributed by atoms with van der Waals surface area (Å²) >= 11 is 0. The fraction of sp³-hybridized carbons (Fsp3) is 0.258. The van der Waals surface area contributed by atoms with Crippen LogP contribution in [0.1, 0.15) is 16.7 Å². The SMILES string of the molecule is O=C(CN1CCN(CC=Cc2ccccc2)CC1)N(Cc1ccccc1)Cc1ccccc1.O=C(O)C(=O)O. The summed E-state index contributed by atoms with van der Waals surface area (Å²) < 4.78 is 0. The summed E-state index contributed by atoms with van der Waals surface area (Å²) in [5, 5.41) is 14.8. The zero-order chi connectivity index (χ0) is 27.9. The second-order valence-electron chi connectivity index (χ2n) is 9.22. The Balaban J connectivity index is 0.000000631. The Labute approximate surface area is 229 Å². The lowest BCUT2D eigenvalue weighted by atomic mass is 10.1. The van der Waals surface area contributed by atoms with Gasteiger partial charge < -0.3 is 15.1 Å². The van der Waals surface area contributed by atoms with Gasteiger partial charge in [-0.3, -0.25) is 14.6 Å². The van der Waals surface area contributed by atoms with E-state index in [-0.39, 0.29) is 5.91 Å². The Morgan fingerprint density at radius 3 is 1.56 bits per heavy atom.